The molecule has 1 aliphatic heterocycles. The van der Waals surface area contributed by atoms with Crippen LogP contribution in [0.3, 0.4) is 0 Å². The Hall–Kier alpha value is -0.870. The number of imidazole rings is 1. The molecule has 20 heteroatoms. The molecular formula is C12H19N3O13P3S+. The quantitative estimate of drug-likeness (QED) is 0.127. The summed E-state index contributed by atoms with van der Waals surface area (Å²) >= 11 is 5.26. The fraction of sp³-hybridized carbons (Fsp3) is 0.500. The first-order chi connectivity index (χ1) is 14.6. The highest BCUT2D eigenvalue weighted by atomic mass is 32.1. The van der Waals surface area contributed by atoms with Crippen LogP contribution in [0.25, 0.3) is 11.2 Å². The zero-order chi connectivity index (χ0) is 24.1. The minimum absolute atomic E-state index is 0.449. The number of nitrogens with one attached hydrogen (secondary N) is 1. The lowest BCUT2D eigenvalue weighted by Crippen LogP contribution is -2.45. The SMILES string of the molecule is Cn1c[n+](C2OC(COP(=O)(O)OP(=O)(O)OP(=O)(O)O)C(O)C2O)c2[nH]ccc(=S)c21. The molecule has 0 aromatic carbocycles. The average Bonchev–Trinajstić information content (AvgIpc) is 3.09. The summed E-state index contributed by atoms with van der Waals surface area (Å²) in [6, 6.07) is 1.65. The number of nitrogens with zero attached hydrogens (tertiary/aromatic N) is 2. The molecule has 6 atom stereocenters. The number of hydrogen-bond donors (Lipinski definition) is 7. The van der Waals surface area contributed by atoms with Crippen molar-refractivity contribution in [3.05, 3.63) is 23.1 Å². The van der Waals surface area contributed by atoms with E-state index in [1.807, 2.05) is 0 Å². The molecule has 0 saturated carbocycles. The van der Waals surface area contributed by atoms with E-state index >= 15 is 0 Å². The van der Waals surface area contributed by atoms with Crippen molar-refractivity contribution in [2.75, 3.05) is 6.61 Å². The predicted octanol–water partition coefficient (Wildman–Crippen LogP) is -0.514. The summed E-state index contributed by atoms with van der Waals surface area (Å²) in [4.78, 5) is 38.7. The van der Waals surface area contributed by atoms with E-state index in [2.05, 4.69) is 18.1 Å². The molecule has 3 rings (SSSR count). The molecule has 16 nitrogen and oxygen atoms in total. The predicted molar refractivity (Wildman–Crippen MR) is 104 cm³/mol. The van der Waals surface area contributed by atoms with Gasteiger partial charge in [-0.2, -0.15) is 8.62 Å². The summed E-state index contributed by atoms with van der Waals surface area (Å²) in [6.45, 7) is -0.917. The molecule has 1 aliphatic rings. The van der Waals surface area contributed by atoms with Crippen molar-refractivity contribution in [2.24, 2.45) is 7.05 Å². The van der Waals surface area contributed by atoms with Crippen LogP contribution in [0, 0.1) is 4.51 Å². The summed E-state index contributed by atoms with van der Waals surface area (Å²) in [5.41, 5.74) is 1.05. The van der Waals surface area contributed by atoms with Gasteiger partial charge in [-0.25, -0.2) is 18.3 Å². The number of aliphatic hydroxyl groups is 2. The molecule has 0 radical (unpaired) electrons. The maximum Gasteiger partial charge on any atom is 0.490 e. The number of H-pyrrole nitrogens is 1. The molecule has 0 aliphatic carbocycles. The Bertz CT molecular complexity index is 1210. The van der Waals surface area contributed by atoms with Gasteiger partial charge in [0.2, 0.25) is 6.23 Å². The lowest BCUT2D eigenvalue weighted by atomic mass is 10.1. The fourth-order valence-corrected chi connectivity index (χ4v) is 6.40. The molecule has 6 unspecified atom stereocenters. The van der Waals surface area contributed by atoms with Crippen molar-refractivity contribution in [3.63, 3.8) is 0 Å². The van der Waals surface area contributed by atoms with E-state index in [0.717, 1.165) is 0 Å². The van der Waals surface area contributed by atoms with Gasteiger partial charge in [0.1, 0.15) is 18.3 Å². The molecule has 180 valence electrons. The molecule has 2 aromatic rings. The number of aliphatic hydroxyl groups excluding tert-OH is 2. The molecule has 32 heavy (non-hydrogen) atoms. The first kappa shape index (κ1) is 25.7. The second-order valence-corrected chi connectivity index (χ2v) is 11.5. The van der Waals surface area contributed by atoms with Gasteiger partial charge in [0.05, 0.1) is 24.4 Å². The highest BCUT2D eigenvalue weighted by Gasteiger charge is 2.48. The maximum absolute atomic E-state index is 11.8. The molecule has 0 amide bonds. The average molecular weight is 538 g/mol. The maximum atomic E-state index is 11.8. The normalized spacial score (nSPS) is 28.0. The highest BCUT2D eigenvalue weighted by Crippen LogP contribution is 2.66. The van der Waals surface area contributed by atoms with Gasteiger partial charge >= 0.3 is 23.5 Å². The van der Waals surface area contributed by atoms with E-state index in [1.54, 1.807) is 23.9 Å². The molecule has 7 N–H and O–H groups in total. The molecule has 1 fully saturated rings. The van der Waals surface area contributed by atoms with Crippen LogP contribution in [-0.4, -0.2) is 64.3 Å². The third kappa shape index (κ3) is 5.78. The molecule has 1 saturated heterocycles. The zero-order valence-electron chi connectivity index (χ0n) is 15.9. The highest BCUT2D eigenvalue weighted by molar-refractivity contribution is 7.71. The second-order valence-electron chi connectivity index (χ2n) is 6.61. The summed E-state index contributed by atoms with van der Waals surface area (Å²) in [7, 11) is -15.0. The van der Waals surface area contributed by atoms with Crippen molar-refractivity contribution in [1.29, 1.82) is 0 Å². The van der Waals surface area contributed by atoms with Crippen LogP contribution in [0.1, 0.15) is 6.23 Å². The van der Waals surface area contributed by atoms with E-state index in [4.69, 9.17) is 31.6 Å². The van der Waals surface area contributed by atoms with Crippen molar-refractivity contribution in [1.82, 2.24) is 9.55 Å². The van der Waals surface area contributed by atoms with Crippen molar-refractivity contribution in [2.45, 2.75) is 24.5 Å². The molecule has 0 spiro atoms. The monoisotopic (exact) mass is 538 g/mol. The molecular weight excluding hydrogens is 519 g/mol. The summed E-state index contributed by atoms with van der Waals surface area (Å²) in [5, 5.41) is 20.7. The molecule has 2 aromatic heterocycles. The number of ether oxygens (including phenoxy) is 1. The smallest absolute Gasteiger partial charge is 0.387 e. The van der Waals surface area contributed by atoms with Gasteiger partial charge in [-0.15, -0.1) is 0 Å². The van der Waals surface area contributed by atoms with Crippen LogP contribution in [0.2, 0.25) is 0 Å². The van der Waals surface area contributed by atoms with Crippen LogP contribution >= 0.6 is 35.7 Å². The third-order valence-electron chi connectivity index (χ3n) is 4.25. The number of aromatic nitrogens is 3. The first-order valence-corrected chi connectivity index (χ1v) is 13.4. The molecule has 0 bridgehead atoms. The van der Waals surface area contributed by atoms with Crippen molar-refractivity contribution < 1.29 is 65.9 Å². The Morgan fingerprint density at radius 3 is 2.44 bits per heavy atom. The number of rotatable bonds is 8. The van der Waals surface area contributed by atoms with E-state index in [1.165, 1.54) is 10.9 Å². The number of fused-ring (bicyclic) bond motifs is 1. The number of aryl methyl sites for hydroxylation is 1. The van der Waals surface area contributed by atoms with Crippen LogP contribution in [-0.2, 0) is 38.6 Å². The van der Waals surface area contributed by atoms with Gasteiger partial charge < -0.3 is 34.5 Å². The van der Waals surface area contributed by atoms with E-state index in [0.29, 0.717) is 15.7 Å². The standard InChI is InChI=1S/C12H18N3O13P3S/c1-14-5-15(11-8(14)7(32)2-3-13-11)12-10(17)9(16)6(26-12)4-25-30(21,22)28-31(23,24)27-29(18,19)20/h2-3,5-6,9-10,12,16-17H,4H2,1H3,(H4-,13,18,19,20,21,22,23,24,32)/p+1. The Kier molecular flexibility index (Phi) is 7.29. The minimum Gasteiger partial charge on any atom is -0.387 e. The van der Waals surface area contributed by atoms with Gasteiger partial charge in [0.15, 0.2) is 11.8 Å². The fourth-order valence-electron chi connectivity index (χ4n) is 3.06. The van der Waals surface area contributed by atoms with Crippen LogP contribution in [0.5, 0.6) is 0 Å². The van der Waals surface area contributed by atoms with Gasteiger partial charge in [-0.1, -0.05) is 12.2 Å². The summed E-state index contributed by atoms with van der Waals surface area (Å²) < 4.78 is 54.6. The topological polar surface area (TPSA) is 234 Å². The Morgan fingerprint density at radius 2 is 1.81 bits per heavy atom. The van der Waals surface area contributed by atoms with Gasteiger partial charge in [-0.05, 0) is 6.07 Å². The number of hydrogen-bond acceptors (Lipinski definition) is 10. The minimum atomic E-state index is -5.69. The number of pyridine rings is 1. The van der Waals surface area contributed by atoms with Crippen molar-refractivity contribution >= 4 is 46.8 Å². The number of phosphoric ester groups is 1. The number of aromatic amines is 1. The van der Waals surface area contributed by atoms with Crippen LogP contribution < -0.4 is 4.57 Å². The Morgan fingerprint density at radius 1 is 1.16 bits per heavy atom. The largest absolute Gasteiger partial charge is 0.490 e. The number of phosphoric acid groups is 3. The van der Waals surface area contributed by atoms with Gasteiger partial charge in [-0.3, -0.25) is 14.1 Å². The van der Waals surface area contributed by atoms with E-state index in [9.17, 15) is 28.8 Å². The van der Waals surface area contributed by atoms with E-state index < -0.39 is 54.6 Å². The van der Waals surface area contributed by atoms with Crippen molar-refractivity contribution in [3.8, 4) is 0 Å². The lowest BCUT2D eigenvalue weighted by Gasteiger charge is -2.18. The van der Waals surface area contributed by atoms with Crippen LogP contribution in [0.15, 0.2) is 18.6 Å². The third-order valence-corrected chi connectivity index (χ3v) is 8.38. The summed E-state index contributed by atoms with van der Waals surface area (Å²) in [6.07, 6.45) is -2.65. The summed E-state index contributed by atoms with van der Waals surface area (Å²) in [5.74, 6) is 0. The van der Waals surface area contributed by atoms with E-state index in [-0.39, 0.29) is 0 Å². The Balaban J connectivity index is 1.73. The second kappa shape index (κ2) is 9.06. The Labute approximate surface area is 184 Å². The van der Waals surface area contributed by atoms with Gasteiger partial charge in [0.25, 0.3) is 5.65 Å². The first-order valence-electron chi connectivity index (χ1n) is 8.48. The zero-order valence-corrected chi connectivity index (χ0v) is 19.4. The molecule has 3 heterocycles. The lowest BCUT2D eigenvalue weighted by molar-refractivity contribution is -0.745. The van der Waals surface area contributed by atoms with Gasteiger partial charge in [0, 0.05) is 0 Å². The van der Waals surface area contributed by atoms with Crippen LogP contribution in [0.4, 0.5) is 0 Å².